The van der Waals surface area contributed by atoms with Crippen LogP contribution in [0.15, 0.2) is 18.2 Å². The van der Waals surface area contributed by atoms with Crippen LogP contribution in [0.5, 0.6) is 0 Å². The Kier molecular flexibility index (Phi) is 5.07. The highest BCUT2D eigenvalue weighted by Gasteiger charge is 2.57. The molecule has 1 aromatic carbocycles. The Balaban J connectivity index is 0.00000182. The van der Waals surface area contributed by atoms with Gasteiger partial charge in [0, 0.05) is 18.0 Å². The minimum Gasteiger partial charge on any atom is -0.349 e. The van der Waals surface area contributed by atoms with Gasteiger partial charge in [-0.25, -0.2) is 0 Å². The van der Waals surface area contributed by atoms with Gasteiger partial charge in [-0.15, -0.1) is 12.4 Å². The second-order valence-electron chi connectivity index (χ2n) is 7.56. The van der Waals surface area contributed by atoms with Crippen LogP contribution < -0.4 is 16.0 Å². The highest BCUT2D eigenvalue weighted by atomic mass is 35.5. The van der Waals surface area contributed by atoms with Crippen molar-refractivity contribution >= 4 is 29.9 Å². The third-order valence-electron chi connectivity index (χ3n) is 5.99. The standard InChI is InChI=1S/C19H25N3O2.ClH/c1-12(13-2-4-16-14(10-13)3-5-17(23)22-16)21-18(24)15-11-19(15)6-8-20-9-7-19;/h2,4,10,12,15,20H,3,5-9,11H2,1H3,(H,21,24)(H,22,23);1H. The summed E-state index contributed by atoms with van der Waals surface area (Å²) in [5.74, 6) is 0.479. The fourth-order valence-corrected chi connectivity index (χ4v) is 4.27. The first kappa shape index (κ1) is 18.2. The molecule has 0 bridgehead atoms. The summed E-state index contributed by atoms with van der Waals surface area (Å²) in [6.07, 6.45) is 4.60. The number of hydrogen-bond donors (Lipinski definition) is 3. The number of benzene rings is 1. The maximum Gasteiger partial charge on any atom is 0.224 e. The minimum absolute atomic E-state index is 0. The van der Waals surface area contributed by atoms with Crippen molar-refractivity contribution in [3.05, 3.63) is 29.3 Å². The van der Waals surface area contributed by atoms with E-state index in [0.29, 0.717) is 6.42 Å². The summed E-state index contributed by atoms with van der Waals surface area (Å²) >= 11 is 0. The van der Waals surface area contributed by atoms with Crippen LogP contribution >= 0.6 is 12.4 Å². The van der Waals surface area contributed by atoms with Crippen LogP contribution in [0.3, 0.4) is 0 Å². The zero-order valence-corrected chi connectivity index (χ0v) is 15.4. The van der Waals surface area contributed by atoms with Gasteiger partial charge >= 0.3 is 0 Å². The van der Waals surface area contributed by atoms with Crippen molar-refractivity contribution in [2.75, 3.05) is 18.4 Å². The molecule has 4 rings (SSSR count). The number of nitrogens with one attached hydrogen (secondary N) is 3. The number of carbonyl (C=O) groups excluding carboxylic acids is 2. The molecule has 2 amide bonds. The van der Waals surface area contributed by atoms with E-state index in [1.54, 1.807) is 0 Å². The van der Waals surface area contributed by atoms with E-state index in [9.17, 15) is 9.59 Å². The van der Waals surface area contributed by atoms with Crippen molar-refractivity contribution in [3.8, 4) is 0 Å². The maximum atomic E-state index is 12.6. The second kappa shape index (κ2) is 6.96. The quantitative estimate of drug-likeness (QED) is 0.773. The molecule has 2 unspecified atom stereocenters. The van der Waals surface area contributed by atoms with E-state index >= 15 is 0 Å². The molecule has 1 aliphatic carbocycles. The van der Waals surface area contributed by atoms with Gasteiger partial charge in [-0.2, -0.15) is 0 Å². The predicted octanol–water partition coefficient (Wildman–Crippen LogP) is 2.56. The number of anilines is 1. The van der Waals surface area contributed by atoms with Crippen LogP contribution in [0.25, 0.3) is 0 Å². The number of carbonyl (C=O) groups is 2. The molecule has 1 saturated carbocycles. The van der Waals surface area contributed by atoms with Crippen LogP contribution in [0.4, 0.5) is 5.69 Å². The molecule has 3 aliphatic rings. The van der Waals surface area contributed by atoms with Crippen molar-refractivity contribution in [2.24, 2.45) is 11.3 Å². The molecule has 2 heterocycles. The summed E-state index contributed by atoms with van der Waals surface area (Å²) in [6.45, 7) is 4.12. The monoisotopic (exact) mass is 363 g/mol. The van der Waals surface area contributed by atoms with Gasteiger partial charge in [0.1, 0.15) is 0 Å². The Hall–Kier alpha value is -1.59. The molecule has 1 aromatic rings. The van der Waals surface area contributed by atoms with E-state index in [4.69, 9.17) is 0 Å². The molecule has 2 atom stereocenters. The lowest BCUT2D eigenvalue weighted by atomic mass is 9.91. The van der Waals surface area contributed by atoms with Gasteiger partial charge in [-0.05, 0) is 68.3 Å². The first-order valence-corrected chi connectivity index (χ1v) is 9.01. The summed E-state index contributed by atoms with van der Waals surface area (Å²) in [7, 11) is 0. The minimum atomic E-state index is -0.000191. The van der Waals surface area contributed by atoms with Crippen LogP contribution in [-0.2, 0) is 16.0 Å². The van der Waals surface area contributed by atoms with Crippen molar-refractivity contribution < 1.29 is 9.59 Å². The van der Waals surface area contributed by atoms with Crippen molar-refractivity contribution in [1.82, 2.24) is 10.6 Å². The molecular weight excluding hydrogens is 338 g/mol. The molecule has 2 aliphatic heterocycles. The molecular formula is C19H26ClN3O2. The smallest absolute Gasteiger partial charge is 0.224 e. The highest BCUT2D eigenvalue weighted by Crippen LogP contribution is 2.58. The first-order valence-electron chi connectivity index (χ1n) is 9.01. The zero-order valence-electron chi connectivity index (χ0n) is 14.6. The largest absolute Gasteiger partial charge is 0.349 e. The lowest BCUT2D eigenvalue weighted by molar-refractivity contribution is -0.124. The summed E-state index contributed by atoms with van der Waals surface area (Å²) in [6, 6.07) is 6.07. The third-order valence-corrected chi connectivity index (χ3v) is 5.99. The van der Waals surface area contributed by atoms with Crippen molar-refractivity contribution in [3.63, 3.8) is 0 Å². The molecule has 1 saturated heterocycles. The Bertz CT molecular complexity index is 685. The van der Waals surface area contributed by atoms with Crippen molar-refractivity contribution in [2.45, 2.75) is 45.1 Å². The van der Waals surface area contributed by atoms with E-state index in [2.05, 4.69) is 22.0 Å². The van der Waals surface area contributed by atoms with Gasteiger partial charge in [-0.1, -0.05) is 12.1 Å². The summed E-state index contributed by atoms with van der Waals surface area (Å²) < 4.78 is 0. The Morgan fingerprint density at radius 3 is 2.80 bits per heavy atom. The number of amides is 2. The highest BCUT2D eigenvalue weighted by molar-refractivity contribution is 5.94. The molecule has 136 valence electrons. The van der Waals surface area contributed by atoms with Crippen LogP contribution in [0, 0.1) is 11.3 Å². The number of aryl methyl sites for hydroxylation is 1. The zero-order chi connectivity index (χ0) is 16.7. The van der Waals surface area contributed by atoms with Gasteiger partial charge in [0.2, 0.25) is 11.8 Å². The van der Waals surface area contributed by atoms with Gasteiger partial charge in [0.05, 0.1) is 6.04 Å². The average molecular weight is 364 g/mol. The van der Waals surface area contributed by atoms with E-state index in [1.807, 2.05) is 19.1 Å². The van der Waals surface area contributed by atoms with Crippen LogP contribution in [-0.4, -0.2) is 24.9 Å². The Labute approximate surface area is 154 Å². The number of piperidine rings is 1. The number of fused-ring (bicyclic) bond motifs is 1. The summed E-state index contributed by atoms with van der Waals surface area (Å²) in [5.41, 5.74) is 3.45. The fourth-order valence-electron chi connectivity index (χ4n) is 4.27. The van der Waals surface area contributed by atoms with E-state index in [-0.39, 0.29) is 41.6 Å². The van der Waals surface area contributed by atoms with E-state index < -0.39 is 0 Å². The normalized spacial score (nSPS) is 24.5. The molecule has 5 nitrogen and oxygen atoms in total. The maximum absolute atomic E-state index is 12.6. The summed E-state index contributed by atoms with van der Waals surface area (Å²) in [4.78, 5) is 24.1. The average Bonchev–Trinajstić information content (AvgIpc) is 3.28. The van der Waals surface area contributed by atoms with Crippen LogP contribution in [0.1, 0.15) is 49.8 Å². The number of rotatable bonds is 3. The fraction of sp³-hybridized carbons (Fsp3) is 0.579. The molecule has 2 fully saturated rings. The first-order chi connectivity index (χ1) is 11.6. The molecule has 1 spiro atoms. The number of hydrogen-bond acceptors (Lipinski definition) is 3. The molecule has 6 heteroatoms. The Morgan fingerprint density at radius 2 is 2.04 bits per heavy atom. The van der Waals surface area contributed by atoms with Gasteiger partial charge in [0.25, 0.3) is 0 Å². The van der Waals surface area contributed by atoms with Crippen LogP contribution in [0.2, 0.25) is 0 Å². The lowest BCUT2D eigenvalue weighted by Gasteiger charge is -2.24. The molecule has 0 aromatic heterocycles. The van der Waals surface area contributed by atoms with E-state index in [1.165, 1.54) is 0 Å². The molecule has 3 N–H and O–H groups in total. The summed E-state index contributed by atoms with van der Waals surface area (Å²) in [5, 5.41) is 9.48. The molecule has 0 radical (unpaired) electrons. The topological polar surface area (TPSA) is 70.2 Å². The SMILES string of the molecule is CC(NC(=O)C1CC12CCNCC2)c1ccc2c(c1)CCC(=O)N2.Cl. The second-order valence-corrected chi connectivity index (χ2v) is 7.56. The van der Waals surface area contributed by atoms with Gasteiger partial charge < -0.3 is 16.0 Å². The van der Waals surface area contributed by atoms with E-state index in [0.717, 1.165) is 55.6 Å². The van der Waals surface area contributed by atoms with Crippen molar-refractivity contribution in [1.29, 1.82) is 0 Å². The predicted molar refractivity (Wildman–Crippen MR) is 99.8 cm³/mol. The Morgan fingerprint density at radius 1 is 1.28 bits per heavy atom. The molecule has 25 heavy (non-hydrogen) atoms. The van der Waals surface area contributed by atoms with Gasteiger partial charge in [-0.3, -0.25) is 9.59 Å². The third kappa shape index (κ3) is 3.53. The van der Waals surface area contributed by atoms with Gasteiger partial charge in [0.15, 0.2) is 0 Å². The lowest BCUT2D eigenvalue weighted by Crippen LogP contribution is -2.34. The number of halogens is 1.